The summed E-state index contributed by atoms with van der Waals surface area (Å²) in [5.74, 6) is -1.48. The van der Waals surface area contributed by atoms with E-state index in [0.717, 1.165) is 25.7 Å². The van der Waals surface area contributed by atoms with Gasteiger partial charge in [-0.25, -0.2) is 4.79 Å². The summed E-state index contributed by atoms with van der Waals surface area (Å²) in [7, 11) is 0. The molecular formula is C13H24N2O3. The van der Waals surface area contributed by atoms with E-state index in [1.54, 1.807) is 0 Å². The Bertz CT molecular complexity index is 307. The number of rotatable bonds is 5. The number of hydrogen-bond donors (Lipinski definition) is 3. The lowest BCUT2D eigenvalue weighted by Gasteiger charge is -2.29. The molecule has 0 heterocycles. The molecule has 0 aliphatic heterocycles. The third-order valence-corrected chi connectivity index (χ3v) is 3.93. The number of hydrogen-bond acceptors (Lipinski definition) is 3. The van der Waals surface area contributed by atoms with Crippen molar-refractivity contribution in [3.8, 4) is 0 Å². The molecule has 1 aliphatic rings. The molecule has 0 spiro atoms. The minimum Gasteiger partial charge on any atom is -0.480 e. The number of nitrogens with two attached hydrogens (primary N) is 1. The minimum atomic E-state index is -0.970. The number of carbonyl (C=O) groups is 2. The summed E-state index contributed by atoms with van der Waals surface area (Å²) in [5, 5.41) is 11.8. The largest absolute Gasteiger partial charge is 0.480 e. The van der Waals surface area contributed by atoms with E-state index in [1.165, 1.54) is 0 Å². The van der Waals surface area contributed by atoms with Crippen LogP contribution >= 0.6 is 0 Å². The number of aliphatic carboxylic acids is 1. The summed E-state index contributed by atoms with van der Waals surface area (Å²) in [6, 6.07) is -0.943. The van der Waals surface area contributed by atoms with E-state index in [-0.39, 0.29) is 23.8 Å². The van der Waals surface area contributed by atoms with Gasteiger partial charge in [-0.3, -0.25) is 4.79 Å². The zero-order valence-electron chi connectivity index (χ0n) is 11.2. The summed E-state index contributed by atoms with van der Waals surface area (Å²) in [6.45, 7) is 3.75. The number of amides is 1. The first-order valence-corrected chi connectivity index (χ1v) is 6.76. The van der Waals surface area contributed by atoms with Crippen LogP contribution in [0.2, 0.25) is 0 Å². The molecule has 18 heavy (non-hydrogen) atoms. The molecule has 5 nitrogen and oxygen atoms in total. The smallest absolute Gasteiger partial charge is 0.326 e. The van der Waals surface area contributed by atoms with Crippen molar-refractivity contribution in [1.82, 2.24) is 5.32 Å². The van der Waals surface area contributed by atoms with E-state index >= 15 is 0 Å². The summed E-state index contributed by atoms with van der Waals surface area (Å²) in [6.07, 6.45) is 4.37. The molecule has 4 N–H and O–H groups in total. The van der Waals surface area contributed by atoms with Crippen molar-refractivity contribution in [3.05, 3.63) is 0 Å². The van der Waals surface area contributed by atoms with Crippen molar-refractivity contribution in [1.29, 1.82) is 0 Å². The van der Waals surface area contributed by atoms with Crippen molar-refractivity contribution >= 4 is 11.9 Å². The van der Waals surface area contributed by atoms with E-state index in [1.807, 2.05) is 13.8 Å². The molecule has 1 aliphatic carbocycles. The summed E-state index contributed by atoms with van der Waals surface area (Å²) in [5.41, 5.74) is 5.93. The van der Waals surface area contributed by atoms with Gasteiger partial charge in [-0.05, 0) is 18.8 Å². The summed E-state index contributed by atoms with van der Waals surface area (Å²) < 4.78 is 0. The Hall–Kier alpha value is -1.10. The third kappa shape index (κ3) is 3.70. The SMILES string of the molecule is CC[C@H](C)[C@H](NC(=O)C1CCCCC1N)C(=O)O. The fraction of sp³-hybridized carbons (Fsp3) is 0.846. The fourth-order valence-corrected chi connectivity index (χ4v) is 2.43. The van der Waals surface area contributed by atoms with Crippen LogP contribution in [0.3, 0.4) is 0 Å². The van der Waals surface area contributed by atoms with Crippen molar-refractivity contribution in [2.75, 3.05) is 0 Å². The van der Waals surface area contributed by atoms with Crippen LogP contribution in [0.15, 0.2) is 0 Å². The normalized spacial score (nSPS) is 27.3. The fourth-order valence-electron chi connectivity index (χ4n) is 2.43. The molecule has 0 bridgehead atoms. The second-order valence-electron chi connectivity index (χ2n) is 5.26. The maximum Gasteiger partial charge on any atom is 0.326 e. The van der Waals surface area contributed by atoms with Crippen molar-refractivity contribution in [2.45, 2.75) is 58.0 Å². The molecule has 4 atom stereocenters. The molecule has 2 unspecified atom stereocenters. The Morgan fingerprint density at radius 3 is 2.50 bits per heavy atom. The Morgan fingerprint density at radius 1 is 1.39 bits per heavy atom. The van der Waals surface area contributed by atoms with Gasteiger partial charge in [0.05, 0.1) is 5.92 Å². The van der Waals surface area contributed by atoms with Crippen LogP contribution in [0.5, 0.6) is 0 Å². The molecule has 1 fully saturated rings. The molecule has 5 heteroatoms. The molecule has 0 aromatic carbocycles. The van der Waals surface area contributed by atoms with E-state index < -0.39 is 12.0 Å². The number of nitrogens with one attached hydrogen (secondary N) is 1. The average Bonchev–Trinajstić information content (AvgIpc) is 2.35. The van der Waals surface area contributed by atoms with Crippen molar-refractivity contribution < 1.29 is 14.7 Å². The monoisotopic (exact) mass is 256 g/mol. The zero-order chi connectivity index (χ0) is 13.7. The van der Waals surface area contributed by atoms with Gasteiger partial charge in [0.2, 0.25) is 5.91 Å². The first kappa shape index (κ1) is 15.0. The standard InChI is InChI=1S/C13H24N2O3/c1-3-8(2)11(13(17)18)15-12(16)9-6-4-5-7-10(9)14/h8-11H,3-7,14H2,1-2H3,(H,15,16)(H,17,18)/t8-,9?,10?,11-/m0/s1. The molecule has 1 rings (SSSR count). The zero-order valence-corrected chi connectivity index (χ0v) is 11.2. The average molecular weight is 256 g/mol. The van der Waals surface area contributed by atoms with E-state index in [0.29, 0.717) is 6.42 Å². The van der Waals surface area contributed by atoms with Crippen LogP contribution in [-0.4, -0.2) is 29.1 Å². The first-order chi connectivity index (χ1) is 8.47. The van der Waals surface area contributed by atoms with Crippen LogP contribution in [0.1, 0.15) is 46.0 Å². The molecular weight excluding hydrogens is 232 g/mol. The Kier molecular flexibility index (Phi) is 5.59. The Labute approximate surface area is 108 Å². The third-order valence-electron chi connectivity index (χ3n) is 3.93. The summed E-state index contributed by atoms with van der Waals surface area (Å²) >= 11 is 0. The molecule has 0 aromatic rings. The maximum atomic E-state index is 12.1. The predicted molar refractivity (Wildman–Crippen MR) is 69.0 cm³/mol. The van der Waals surface area contributed by atoms with Crippen LogP contribution in [0.4, 0.5) is 0 Å². The highest BCUT2D eigenvalue weighted by Gasteiger charge is 2.32. The van der Waals surface area contributed by atoms with E-state index in [2.05, 4.69) is 5.32 Å². The van der Waals surface area contributed by atoms with E-state index in [9.17, 15) is 9.59 Å². The Balaban J connectivity index is 2.63. The second-order valence-corrected chi connectivity index (χ2v) is 5.26. The molecule has 0 aromatic heterocycles. The lowest BCUT2D eigenvalue weighted by Crippen LogP contribution is -2.51. The van der Waals surface area contributed by atoms with Crippen molar-refractivity contribution in [3.63, 3.8) is 0 Å². The molecule has 0 saturated heterocycles. The quantitative estimate of drug-likeness (QED) is 0.687. The number of carboxylic acid groups (broad SMARTS) is 1. The highest BCUT2D eigenvalue weighted by Crippen LogP contribution is 2.23. The second kappa shape index (κ2) is 6.73. The molecule has 1 amide bonds. The van der Waals surface area contributed by atoms with Gasteiger partial charge in [-0.15, -0.1) is 0 Å². The number of carbonyl (C=O) groups excluding carboxylic acids is 1. The van der Waals surface area contributed by atoms with Crippen LogP contribution in [0, 0.1) is 11.8 Å². The highest BCUT2D eigenvalue weighted by atomic mass is 16.4. The van der Waals surface area contributed by atoms with Gasteiger partial charge in [0.1, 0.15) is 6.04 Å². The highest BCUT2D eigenvalue weighted by molar-refractivity contribution is 5.85. The van der Waals surface area contributed by atoms with Gasteiger partial charge >= 0.3 is 5.97 Å². The minimum absolute atomic E-state index is 0.0775. The van der Waals surface area contributed by atoms with Crippen molar-refractivity contribution in [2.24, 2.45) is 17.6 Å². The van der Waals surface area contributed by atoms with Crippen LogP contribution in [0.25, 0.3) is 0 Å². The van der Waals surface area contributed by atoms with Gasteiger partial charge < -0.3 is 16.2 Å². The Morgan fingerprint density at radius 2 is 2.00 bits per heavy atom. The lowest BCUT2D eigenvalue weighted by atomic mass is 9.84. The maximum absolute atomic E-state index is 12.1. The molecule has 1 saturated carbocycles. The van der Waals surface area contributed by atoms with Gasteiger partial charge in [-0.2, -0.15) is 0 Å². The summed E-state index contributed by atoms with van der Waals surface area (Å²) in [4.78, 5) is 23.2. The van der Waals surface area contributed by atoms with Gasteiger partial charge in [-0.1, -0.05) is 33.1 Å². The van der Waals surface area contributed by atoms with Crippen LogP contribution < -0.4 is 11.1 Å². The molecule has 104 valence electrons. The predicted octanol–water partition coefficient (Wildman–Crippen LogP) is 1.12. The van der Waals surface area contributed by atoms with E-state index in [4.69, 9.17) is 10.8 Å². The molecule has 0 radical (unpaired) electrons. The first-order valence-electron chi connectivity index (χ1n) is 6.76. The topological polar surface area (TPSA) is 92.4 Å². The van der Waals surface area contributed by atoms with Gasteiger partial charge in [0.25, 0.3) is 0 Å². The van der Waals surface area contributed by atoms with Gasteiger partial charge in [0.15, 0.2) is 0 Å². The lowest BCUT2D eigenvalue weighted by molar-refractivity contribution is -0.144. The van der Waals surface area contributed by atoms with Gasteiger partial charge in [0, 0.05) is 6.04 Å². The van der Waals surface area contributed by atoms with Crippen LogP contribution in [-0.2, 0) is 9.59 Å². The number of carboxylic acids is 1.